The minimum atomic E-state index is -0.514. The highest BCUT2D eigenvalue weighted by Crippen LogP contribution is 2.31. The Balaban J connectivity index is 1.69. The van der Waals surface area contributed by atoms with E-state index in [-0.39, 0.29) is 11.8 Å². The first-order valence-electron chi connectivity index (χ1n) is 8.86. The van der Waals surface area contributed by atoms with Crippen molar-refractivity contribution in [2.24, 2.45) is 5.41 Å². The fraction of sp³-hybridized carbons (Fsp3) is 0.667. The van der Waals surface area contributed by atoms with Crippen molar-refractivity contribution >= 4 is 11.8 Å². The van der Waals surface area contributed by atoms with Crippen molar-refractivity contribution in [2.75, 3.05) is 13.1 Å². The first-order chi connectivity index (χ1) is 11.5. The molecule has 2 heterocycles. The molecule has 1 N–H and O–H groups in total. The predicted molar refractivity (Wildman–Crippen MR) is 90.4 cm³/mol. The zero-order valence-electron chi connectivity index (χ0n) is 14.5. The SMILES string of the molecule is Cc1ncncc1C(=O)N1CCC[C@](C)(C(=O)NC2CCCC2)C1. The molecule has 1 aromatic heterocycles. The van der Waals surface area contributed by atoms with Crippen LogP contribution in [0.25, 0.3) is 0 Å². The molecule has 0 spiro atoms. The maximum absolute atomic E-state index is 12.8. The van der Waals surface area contributed by atoms with Gasteiger partial charge in [0.15, 0.2) is 0 Å². The van der Waals surface area contributed by atoms with Crippen molar-refractivity contribution in [3.63, 3.8) is 0 Å². The number of piperidine rings is 1. The molecule has 1 saturated heterocycles. The van der Waals surface area contributed by atoms with Crippen molar-refractivity contribution < 1.29 is 9.59 Å². The molecule has 6 heteroatoms. The number of hydrogen-bond donors (Lipinski definition) is 1. The number of likely N-dealkylation sites (tertiary alicyclic amines) is 1. The molecule has 2 aliphatic rings. The molecule has 24 heavy (non-hydrogen) atoms. The lowest BCUT2D eigenvalue weighted by Gasteiger charge is -2.40. The lowest BCUT2D eigenvalue weighted by Crippen LogP contribution is -2.53. The van der Waals surface area contributed by atoms with E-state index in [1.165, 1.54) is 19.2 Å². The molecule has 0 radical (unpaired) electrons. The number of carbonyl (C=O) groups excluding carboxylic acids is 2. The predicted octanol–water partition coefficient (Wildman–Crippen LogP) is 2.09. The van der Waals surface area contributed by atoms with Gasteiger partial charge in [-0.15, -0.1) is 0 Å². The van der Waals surface area contributed by atoms with Crippen molar-refractivity contribution in [3.8, 4) is 0 Å². The van der Waals surface area contributed by atoms with Crippen molar-refractivity contribution in [1.29, 1.82) is 0 Å². The van der Waals surface area contributed by atoms with Gasteiger partial charge in [-0.05, 0) is 39.5 Å². The molecule has 2 fully saturated rings. The maximum atomic E-state index is 12.8. The zero-order chi connectivity index (χ0) is 17.2. The van der Waals surface area contributed by atoms with Gasteiger partial charge in [0.05, 0.1) is 16.7 Å². The van der Waals surface area contributed by atoms with Crippen LogP contribution in [0.3, 0.4) is 0 Å². The number of nitrogens with zero attached hydrogens (tertiary/aromatic N) is 3. The molecule has 6 nitrogen and oxygen atoms in total. The van der Waals surface area contributed by atoms with Crippen LogP contribution in [-0.4, -0.2) is 45.8 Å². The molecule has 0 unspecified atom stereocenters. The second-order valence-electron chi connectivity index (χ2n) is 7.37. The van der Waals surface area contributed by atoms with Gasteiger partial charge in [-0.1, -0.05) is 12.8 Å². The van der Waals surface area contributed by atoms with Gasteiger partial charge in [0, 0.05) is 25.3 Å². The third-order valence-electron chi connectivity index (χ3n) is 5.36. The van der Waals surface area contributed by atoms with E-state index in [0.717, 1.165) is 25.7 Å². The molecule has 0 aromatic carbocycles. The lowest BCUT2D eigenvalue weighted by molar-refractivity contribution is -0.133. The third-order valence-corrected chi connectivity index (χ3v) is 5.36. The third kappa shape index (κ3) is 3.42. The average Bonchev–Trinajstić information content (AvgIpc) is 3.08. The molecule has 1 atom stereocenters. The number of amides is 2. The van der Waals surface area contributed by atoms with Crippen LogP contribution < -0.4 is 5.32 Å². The van der Waals surface area contributed by atoms with Gasteiger partial charge in [0.1, 0.15) is 6.33 Å². The van der Waals surface area contributed by atoms with Gasteiger partial charge in [-0.3, -0.25) is 9.59 Å². The Morgan fingerprint density at radius 2 is 2.04 bits per heavy atom. The molecular weight excluding hydrogens is 304 g/mol. The molecule has 3 rings (SSSR count). The summed E-state index contributed by atoms with van der Waals surface area (Å²) in [5, 5.41) is 3.20. The maximum Gasteiger partial charge on any atom is 0.257 e. The topological polar surface area (TPSA) is 75.2 Å². The summed E-state index contributed by atoms with van der Waals surface area (Å²) in [4.78, 5) is 35.4. The van der Waals surface area contributed by atoms with E-state index in [1.54, 1.807) is 11.1 Å². The van der Waals surface area contributed by atoms with Crippen molar-refractivity contribution in [3.05, 3.63) is 23.8 Å². The highest BCUT2D eigenvalue weighted by atomic mass is 16.2. The minimum Gasteiger partial charge on any atom is -0.353 e. The average molecular weight is 330 g/mol. The monoisotopic (exact) mass is 330 g/mol. The minimum absolute atomic E-state index is 0.0762. The van der Waals surface area contributed by atoms with Crippen LogP contribution in [0.2, 0.25) is 0 Å². The number of rotatable bonds is 3. The molecule has 1 aromatic rings. The summed E-state index contributed by atoms with van der Waals surface area (Å²) in [5.74, 6) is 0.0145. The summed E-state index contributed by atoms with van der Waals surface area (Å²) < 4.78 is 0. The van der Waals surface area contributed by atoms with Gasteiger partial charge >= 0.3 is 0 Å². The summed E-state index contributed by atoms with van der Waals surface area (Å²) in [7, 11) is 0. The van der Waals surface area contributed by atoms with Crippen molar-refractivity contribution in [1.82, 2.24) is 20.2 Å². The van der Waals surface area contributed by atoms with Crippen LogP contribution in [0.1, 0.15) is 61.5 Å². The number of hydrogen-bond acceptors (Lipinski definition) is 4. The van der Waals surface area contributed by atoms with Gasteiger partial charge in [-0.25, -0.2) is 9.97 Å². The Labute approximate surface area is 143 Å². The summed E-state index contributed by atoms with van der Waals surface area (Å²) >= 11 is 0. The summed E-state index contributed by atoms with van der Waals surface area (Å²) in [5.41, 5.74) is 0.690. The number of aryl methyl sites for hydroxylation is 1. The Morgan fingerprint density at radius 1 is 1.29 bits per heavy atom. The Morgan fingerprint density at radius 3 is 2.75 bits per heavy atom. The Bertz CT molecular complexity index is 627. The van der Waals surface area contributed by atoms with E-state index >= 15 is 0 Å². The second-order valence-corrected chi connectivity index (χ2v) is 7.37. The summed E-state index contributed by atoms with van der Waals surface area (Å²) in [6, 6.07) is 0.310. The molecule has 0 bridgehead atoms. The van der Waals surface area contributed by atoms with Gasteiger partial charge in [0.25, 0.3) is 5.91 Å². The second kappa shape index (κ2) is 6.87. The fourth-order valence-electron chi connectivity index (χ4n) is 3.80. The fourth-order valence-corrected chi connectivity index (χ4v) is 3.80. The van der Waals surface area contributed by atoms with E-state index in [9.17, 15) is 9.59 Å². The molecule has 2 amide bonds. The lowest BCUT2D eigenvalue weighted by atomic mass is 9.80. The van der Waals surface area contributed by atoms with Gasteiger partial charge < -0.3 is 10.2 Å². The van der Waals surface area contributed by atoms with Gasteiger partial charge in [0.2, 0.25) is 5.91 Å². The number of nitrogens with one attached hydrogen (secondary N) is 1. The van der Waals surface area contributed by atoms with E-state index in [2.05, 4.69) is 15.3 Å². The van der Waals surface area contributed by atoms with Gasteiger partial charge in [-0.2, -0.15) is 0 Å². The smallest absolute Gasteiger partial charge is 0.257 e. The highest BCUT2D eigenvalue weighted by molar-refractivity contribution is 5.95. The normalized spacial score (nSPS) is 24.8. The van der Waals surface area contributed by atoms with E-state index in [4.69, 9.17) is 0 Å². The standard InChI is InChI=1S/C18H26N4O2/c1-13-15(10-19-12-20-13)16(23)22-9-5-8-18(2,11-22)17(24)21-14-6-3-4-7-14/h10,12,14H,3-9,11H2,1-2H3,(H,21,24)/t18-/m0/s1. The largest absolute Gasteiger partial charge is 0.353 e. The highest BCUT2D eigenvalue weighted by Gasteiger charge is 2.40. The first kappa shape index (κ1) is 16.9. The van der Waals surface area contributed by atoms with Crippen LogP contribution in [0.4, 0.5) is 0 Å². The molecular formula is C18H26N4O2. The van der Waals surface area contributed by atoms with E-state index in [1.807, 2.05) is 13.8 Å². The van der Waals surface area contributed by atoms with E-state index in [0.29, 0.717) is 30.4 Å². The molecule has 1 aliphatic heterocycles. The Hall–Kier alpha value is -1.98. The first-order valence-corrected chi connectivity index (χ1v) is 8.86. The van der Waals surface area contributed by atoms with Crippen LogP contribution in [-0.2, 0) is 4.79 Å². The van der Waals surface area contributed by atoms with Crippen LogP contribution in [0.15, 0.2) is 12.5 Å². The zero-order valence-corrected chi connectivity index (χ0v) is 14.5. The number of carbonyl (C=O) groups is 2. The van der Waals surface area contributed by atoms with E-state index < -0.39 is 5.41 Å². The van der Waals surface area contributed by atoms with Crippen LogP contribution in [0.5, 0.6) is 0 Å². The molecule has 130 valence electrons. The quantitative estimate of drug-likeness (QED) is 0.921. The number of aromatic nitrogens is 2. The van der Waals surface area contributed by atoms with Crippen LogP contribution in [0, 0.1) is 12.3 Å². The molecule has 1 aliphatic carbocycles. The molecule has 1 saturated carbocycles. The summed E-state index contributed by atoms with van der Waals surface area (Å²) in [6.45, 7) is 4.92. The van der Waals surface area contributed by atoms with Crippen LogP contribution >= 0.6 is 0 Å². The Kier molecular flexibility index (Phi) is 4.83. The van der Waals surface area contributed by atoms with Crippen molar-refractivity contribution in [2.45, 2.75) is 58.4 Å². The summed E-state index contributed by atoms with van der Waals surface area (Å²) in [6.07, 6.45) is 9.21.